The molecule has 0 N–H and O–H groups in total. The molecule has 82 valence electrons. The summed E-state index contributed by atoms with van der Waals surface area (Å²) in [7, 11) is -0.203. The van der Waals surface area contributed by atoms with E-state index in [0.717, 1.165) is 0 Å². The van der Waals surface area contributed by atoms with E-state index in [9.17, 15) is 0 Å². The summed E-state index contributed by atoms with van der Waals surface area (Å²) < 4.78 is 0. The van der Waals surface area contributed by atoms with Gasteiger partial charge in [-0.2, -0.15) is 0 Å². The van der Waals surface area contributed by atoms with Crippen molar-refractivity contribution in [1.29, 1.82) is 0 Å². The summed E-state index contributed by atoms with van der Waals surface area (Å²) in [4.78, 5) is 0. The lowest BCUT2D eigenvalue weighted by molar-refractivity contribution is 1.49. The number of rotatable bonds is 2. The molecule has 0 spiro atoms. The quantitative estimate of drug-likeness (QED) is 0.691. The number of hydrogen-bond donors (Lipinski definition) is 0. The fourth-order valence-corrected chi connectivity index (χ4v) is 3.53. The summed E-state index contributed by atoms with van der Waals surface area (Å²) in [6.07, 6.45) is 0. The third-order valence-corrected chi connectivity index (χ3v) is 4.88. The summed E-state index contributed by atoms with van der Waals surface area (Å²) in [5, 5.41) is 2.92. The van der Waals surface area contributed by atoms with Crippen molar-refractivity contribution in [2.45, 2.75) is 13.8 Å². The molecule has 0 heterocycles. The van der Waals surface area contributed by atoms with Gasteiger partial charge in [0.25, 0.3) is 0 Å². The Balaban J connectivity index is 2.35. The van der Waals surface area contributed by atoms with E-state index in [2.05, 4.69) is 69.0 Å². The Morgan fingerprint density at radius 2 is 1.19 bits per heavy atom. The van der Waals surface area contributed by atoms with E-state index < -0.39 is 0 Å². The van der Waals surface area contributed by atoms with Gasteiger partial charge in [0.2, 0.25) is 0 Å². The first-order valence-electron chi connectivity index (χ1n) is 5.54. The molecule has 0 fully saturated rings. The molecular formula is C15H17P. The zero-order valence-electron chi connectivity index (χ0n) is 10.1. The minimum Gasteiger partial charge on any atom is -0.0614 e. The number of aryl methyl sites for hydroxylation is 2. The van der Waals surface area contributed by atoms with Gasteiger partial charge in [0, 0.05) is 0 Å². The van der Waals surface area contributed by atoms with Crippen molar-refractivity contribution in [3.63, 3.8) is 0 Å². The predicted molar refractivity (Wildman–Crippen MR) is 74.5 cm³/mol. The monoisotopic (exact) mass is 228 g/mol. The molecule has 0 aliphatic heterocycles. The van der Waals surface area contributed by atoms with Gasteiger partial charge in [-0.15, -0.1) is 0 Å². The van der Waals surface area contributed by atoms with Gasteiger partial charge in [0.15, 0.2) is 0 Å². The highest BCUT2D eigenvalue weighted by molar-refractivity contribution is 7.72. The Hall–Kier alpha value is -1.13. The summed E-state index contributed by atoms with van der Waals surface area (Å²) in [6, 6.07) is 17.7. The second-order valence-corrected chi connectivity index (χ2v) is 6.39. The molecular weight excluding hydrogens is 211 g/mol. The Labute approximate surface area is 99.1 Å². The van der Waals surface area contributed by atoms with Crippen LogP contribution in [0.5, 0.6) is 0 Å². The smallest absolute Gasteiger partial charge is 0.0195 e. The predicted octanol–water partition coefficient (Wildman–Crippen LogP) is 3.37. The van der Waals surface area contributed by atoms with E-state index in [4.69, 9.17) is 0 Å². The third kappa shape index (κ3) is 2.51. The van der Waals surface area contributed by atoms with E-state index >= 15 is 0 Å². The first-order valence-corrected chi connectivity index (χ1v) is 7.33. The second-order valence-electron chi connectivity index (χ2n) is 4.24. The van der Waals surface area contributed by atoms with Crippen LogP contribution in [-0.2, 0) is 0 Å². The average Bonchev–Trinajstić information content (AvgIpc) is 2.28. The molecule has 2 aromatic carbocycles. The zero-order chi connectivity index (χ0) is 11.5. The molecule has 0 aromatic heterocycles. The third-order valence-electron chi connectivity index (χ3n) is 2.78. The van der Waals surface area contributed by atoms with Gasteiger partial charge in [-0.25, -0.2) is 0 Å². The maximum Gasteiger partial charge on any atom is -0.0195 e. The molecule has 16 heavy (non-hydrogen) atoms. The van der Waals surface area contributed by atoms with Crippen LogP contribution in [0.3, 0.4) is 0 Å². The van der Waals surface area contributed by atoms with Crippen LogP contribution in [0.1, 0.15) is 11.1 Å². The molecule has 0 atom stereocenters. The average molecular weight is 228 g/mol. The Morgan fingerprint density at radius 1 is 0.750 bits per heavy atom. The molecule has 2 rings (SSSR count). The molecule has 0 radical (unpaired) electrons. The van der Waals surface area contributed by atoms with Crippen LogP contribution in [0.25, 0.3) is 0 Å². The highest BCUT2D eigenvalue weighted by Crippen LogP contribution is 2.28. The Kier molecular flexibility index (Phi) is 3.41. The van der Waals surface area contributed by atoms with Gasteiger partial charge in [0.05, 0.1) is 0 Å². The Bertz CT molecular complexity index is 443. The van der Waals surface area contributed by atoms with E-state index in [0.29, 0.717) is 0 Å². The zero-order valence-corrected chi connectivity index (χ0v) is 11.0. The van der Waals surface area contributed by atoms with Crippen LogP contribution >= 0.6 is 7.92 Å². The summed E-state index contributed by atoms with van der Waals surface area (Å²) in [6.45, 7) is 6.64. The molecule has 0 amide bonds. The van der Waals surface area contributed by atoms with E-state index in [-0.39, 0.29) is 7.92 Å². The lowest BCUT2D eigenvalue weighted by Gasteiger charge is -2.14. The van der Waals surface area contributed by atoms with Crippen molar-refractivity contribution in [3.05, 3.63) is 59.7 Å². The highest BCUT2D eigenvalue weighted by atomic mass is 31.1. The molecule has 0 aliphatic carbocycles. The SMILES string of the molecule is Cc1cccc(P(C)c2cccc(C)c2)c1. The fourth-order valence-electron chi connectivity index (χ4n) is 1.82. The van der Waals surface area contributed by atoms with Crippen molar-refractivity contribution >= 4 is 18.5 Å². The van der Waals surface area contributed by atoms with Crippen molar-refractivity contribution in [3.8, 4) is 0 Å². The highest BCUT2D eigenvalue weighted by Gasteiger charge is 2.07. The number of benzene rings is 2. The first-order chi connectivity index (χ1) is 7.66. The molecule has 0 bridgehead atoms. The summed E-state index contributed by atoms with van der Waals surface area (Å²) in [5.74, 6) is 0. The van der Waals surface area contributed by atoms with Crippen molar-refractivity contribution in [2.75, 3.05) is 6.66 Å². The maximum absolute atomic E-state index is 2.33. The number of hydrogen-bond acceptors (Lipinski definition) is 0. The van der Waals surface area contributed by atoms with Gasteiger partial charge in [-0.3, -0.25) is 0 Å². The van der Waals surface area contributed by atoms with Crippen LogP contribution in [0.4, 0.5) is 0 Å². The van der Waals surface area contributed by atoms with E-state index in [1.165, 1.54) is 21.7 Å². The lowest BCUT2D eigenvalue weighted by atomic mass is 10.2. The van der Waals surface area contributed by atoms with Crippen LogP contribution < -0.4 is 10.6 Å². The Morgan fingerprint density at radius 3 is 1.56 bits per heavy atom. The van der Waals surface area contributed by atoms with E-state index in [1.807, 2.05) is 0 Å². The van der Waals surface area contributed by atoms with Gasteiger partial charge in [-0.05, 0) is 39.0 Å². The molecule has 0 aliphatic rings. The van der Waals surface area contributed by atoms with Crippen LogP contribution in [0, 0.1) is 13.8 Å². The topological polar surface area (TPSA) is 0 Å². The van der Waals surface area contributed by atoms with Gasteiger partial charge < -0.3 is 0 Å². The van der Waals surface area contributed by atoms with Gasteiger partial charge in [-0.1, -0.05) is 59.7 Å². The summed E-state index contributed by atoms with van der Waals surface area (Å²) in [5.41, 5.74) is 2.69. The van der Waals surface area contributed by atoms with Crippen LogP contribution in [0.15, 0.2) is 48.5 Å². The van der Waals surface area contributed by atoms with Crippen molar-refractivity contribution in [2.24, 2.45) is 0 Å². The lowest BCUT2D eigenvalue weighted by Crippen LogP contribution is -2.11. The standard InChI is InChI=1S/C15H17P/c1-12-6-4-8-14(10-12)16(3)15-9-5-7-13(2)11-15/h4-11H,1-3H3. The molecule has 1 heteroatoms. The minimum absolute atomic E-state index is 0.203. The first kappa shape index (κ1) is 11.4. The molecule has 0 nitrogen and oxygen atoms in total. The van der Waals surface area contributed by atoms with Gasteiger partial charge in [0.1, 0.15) is 0 Å². The molecule has 0 unspecified atom stereocenters. The van der Waals surface area contributed by atoms with Crippen molar-refractivity contribution in [1.82, 2.24) is 0 Å². The molecule has 0 saturated carbocycles. The normalized spacial score (nSPS) is 10.8. The van der Waals surface area contributed by atoms with Crippen LogP contribution in [-0.4, -0.2) is 6.66 Å². The maximum atomic E-state index is 2.33. The van der Waals surface area contributed by atoms with Crippen molar-refractivity contribution < 1.29 is 0 Å². The minimum atomic E-state index is -0.203. The molecule has 0 saturated heterocycles. The van der Waals surface area contributed by atoms with Crippen LogP contribution in [0.2, 0.25) is 0 Å². The van der Waals surface area contributed by atoms with Gasteiger partial charge >= 0.3 is 0 Å². The fraction of sp³-hybridized carbons (Fsp3) is 0.200. The largest absolute Gasteiger partial charge is 0.0614 e. The second kappa shape index (κ2) is 4.80. The summed E-state index contributed by atoms with van der Waals surface area (Å²) >= 11 is 0. The molecule has 2 aromatic rings. The van der Waals surface area contributed by atoms with E-state index in [1.54, 1.807) is 0 Å².